The Bertz CT molecular complexity index is 646. The summed E-state index contributed by atoms with van der Waals surface area (Å²) >= 11 is 1.54. The number of carbonyl (C=O) groups is 1. The zero-order chi connectivity index (χ0) is 14.3. The van der Waals surface area contributed by atoms with Crippen molar-refractivity contribution in [2.24, 2.45) is 0 Å². The minimum atomic E-state index is -0.0523. The van der Waals surface area contributed by atoms with Crippen LogP contribution >= 0.6 is 11.3 Å². The molecule has 0 spiro atoms. The van der Waals surface area contributed by atoms with E-state index < -0.39 is 0 Å². The van der Waals surface area contributed by atoms with Crippen LogP contribution in [0.2, 0.25) is 0 Å². The lowest BCUT2D eigenvalue weighted by Gasteiger charge is -2.32. The summed E-state index contributed by atoms with van der Waals surface area (Å²) < 4.78 is 5.68. The maximum Gasteiger partial charge on any atom is 0.268 e. The van der Waals surface area contributed by atoms with Gasteiger partial charge in [-0.3, -0.25) is 9.69 Å². The highest BCUT2D eigenvalue weighted by Gasteiger charge is 2.29. The third kappa shape index (κ3) is 2.18. The van der Waals surface area contributed by atoms with Gasteiger partial charge in [0.15, 0.2) is 0 Å². The SMILES string of the molecule is Cc1cc(C(=O)N2C[C@@H](C)Oc3ncccc32)sc1C. The molecule has 5 heteroatoms. The number of nitrogens with zero attached hydrogens (tertiary/aromatic N) is 2. The van der Waals surface area contributed by atoms with Gasteiger partial charge < -0.3 is 4.74 Å². The lowest BCUT2D eigenvalue weighted by molar-refractivity contribution is 0.0962. The number of amides is 1. The van der Waals surface area contributed by atoms with E-state index in [0.29, 0.717) is 12.4 Å². The summed E-state index contributed by atoms with van der Waals surface area (Å²) in [5.41, 5.74) is 1.91. The fraction of sp³-hybridized carbons (Fsp3) is 0.333. The number of hydrogen-bond donors (Lipinski definition) is 0. The predicted octanol–water partition coefficient (Wildman–Crippen LogP) is 3.19. The first-order valence-corrected chi connectivity index (χ1v) is 7.38. The topological polar surface area (TPSA) is 42.4 Å². The molecule has 0 aliphatic carbocycles. The Morgan fingerprint density at radius 2 is 2.30 bits per heavy atom. The van der Waals surface area contributed by atoms with Gasteiger partial charge in [-0.15, -0.1) is 11.3 Å². The highest BCUT2D eigenvalue weighted by Crippen LogP contribution is 2.33. The van der Waals surface area contributed by atoms with E-state index in [4.69, 9.17) is 4.74 Å². The van der Waals surface area contributed by atoms with E-state index in [2.05, 4.69) is 4.98 Å². The van der Waals surface area contributed by atoms with Crippen LogP contribution in [0.4, 0.5) is 5.69 Å². The van der Waals surface area contributed by atoms with Crippen molar-refractivity contribution in [2.75, 3.05) is 11.4 Å². The maximum atomic E-state index is 12.7. The lowest BCUT2D eigenvalue weighted by atomic mass is 10.2. The Hall–Kier alpha value is -1.88. The van der Waals surface area contributed by atoms with Gasteiger partial charge in [-0.1, -0.05) is 0 Å². The molecule has 1 aliphatic rings. The van der Waals surface area contributed by atoms with Crippen LogP contribution in [0, 0.1) is 13.8 Å². The van der Waals surface area contributed by atoms with Crippen molar-refractivity contribution in [1.82, 2.24) is 4.98 Å². The Morgan fingerprint density at radius 3 is 3.00 bits per heavy atom. The Kier molecular flexibility index (Phi) is 3.22. The molecule has 3 heterocycles. The van der Waals surface area contributed by atoms with E-state index in [-0.39, 0.29) is 12.0 Å². The summed E-state index contributed by atoms with van der Waals surface area (Å²) in [6.07, 6.45) is 1.63. The van der Waals surface area contributed by atoms with E-state index in [0.717, 1.165) is 16.1 Å². The molecule has 0 saturated heterocycles. The van der Waals surface area contributed by atoms with Crippen molar-refractivity contribution in [2.45, 2.75) is 26.9 Å². The second-order valence-corrected chi connectivity index (χ2v) is 6.28. The number of fused-ring (bicyclic) bond motifs is 1. The second kappa shape index (κ2) is 4.90. The van der Waals surface area contributed by atoms with Crippen molar-refractivity contribution in [3.63, 3.8) is 0 Å². The standard InChI is InChI=1S/C15H16N2O2S/c1-9-7-13(20-11(9)3)15(18)17-8-10(2)19-14-12(17)5-4-6-16-14/h4-7,10H,8H2,1-3H3/t10-/m1/s1. The molecule has 1 aliphatic heterocycles. The van der Waals surface area contributed by atoms with Gasteiger partial charge in [-0.05, 0) is 44.5 Å². The van der Waals surface area contributed by atoms with E-state index in [1.54, 1.807) is 11.1 Å². The molecule has 0 aromatic carbocycles. The van der Waals surface area contributed by atoms with Crippen molar-refractivity contribution < 1.29 is 9.53 Å². The van der Waals surface area contributed by atoms with Gasteiger partial charge in [-0.25, -0.2) is 4.98 Å². The number of anilines is 1. The van der Waals surface area contributed by atoms with Gasteiger partial charge in [-0.2, -0.15) is 0 Å². The first-order valence-electron chi connectivity index (χ1n) is 6.57. The smallest absolute Gasteiger partial charge is 0.268 e. The number of aromatic nitrogens is 1. The van der Waals surface area contributed by atoms with Gasteiger partial charge >= 0.3 is 0 Å². The molecule has 1 atom stereocenters. The molecular formula is C15H16N2O2S. The average Bonchev–Trinajstić information content (AvgIpc) is 2.77. The van der Waals surface area contributed by atoms with Crippen LogP contribution in [0.15, 0.2) is 24.4 Å². The van der Waals surface area contributed by atoms with Crippen LogP contribution in [0.1, 0.15) is 27.0 Å². The molecule has 0 unspecified atom stereocenters. The molecule has 0 radical (unpaired) electrons. The van der Waals surface area contributed by atoms with E-state index in [1.165, 1.54) is 16.2 Å². The molecule has 104 valence electrons. The van der Waals surface area contributed by atoms with E-state index in [1.807, 2.05) is 39.0 Å². The number of aryl methyl sites for hydroxylation is 2. The first-order chi connectivity index (χ1) is 9.56. The summed E-state index contributed by atoms with van der Waals surface area (Å²) in [6.45, 7) is 6.56. The highest BCUT2D eigenvalue weighted by molar-refractivity contribution is 7.14. The van der Waals surface area contributed by atoms with E-state index >= 15 is 0 Å². The third-order valence-corrected chi connectivity index (χ3v) is 4.56. The minimum absolute atomic E-state index is 0.0237. The Balaban J connectivity index is 1.99. The normalized spacial score (nSPS) is 17.6. The van der Waals surface area contributed by atoms with Crippen LogP contribution in [0.25, 0.3) is 0 Å². The lowest BCUT2D eigenvalue weighted by Crippen LogP contribution is -2.42. The predicted molar refractivity (Wildman–Crippen MR) is 79.8 cm³/mol. The monoisotopic (exact) mass is 288 g/mol. The molecular weight excluding hydrogens is 272 g/mol. The zero-order valence-electron chi connectivity index (χ0n) is 11.7. The molecule has 20 heavy (non-hydrogen) atoms. The van der Waals surface area contributed by atoms with Crippen LogP contribution in [0.3, 0.4) is 0 Å². The fourth-order valence-corrected chi connectivity index (χ4v) is 3.25. The molecule has 0 saturated carbocycles. The Morgan fingerprint density at radius 1 is 1.50 bits per heavy atom. The minimum Gasteiger partial charge on any atom is -0.471 e. The average molecular weight is 288 g/mol. The summed E-state index contributed by atoms with van der Waals surface area (Å²) in [6, 6.07) is 5.65. The highest BCUT2D eigenvalue weighted by atomic mass is 32.1. The quantitative estimate of drug-likeness (QED) is 0.809. The summed E-state index contributed by atoms with van der Waals surface area (Å²) in [4.78, 5) is 20.6. The maximum absolute atomic E-state index is 12.7. The van der Waals surface area contributed by atoms with E-state index in [9.17, 15) is 4.79 Å². The summed E-state index contributed by atoms with van der Waals surface area (Å²) in [5.74, 6) is 0.556. The third-order valence-electron chi connectivity index (χ3n) is 3.42. The molecule has 0 fully saturated rings. The molecule has 2 aromatic rings. The van der Waals surface area contributed by atoms with Crippen molar-refractivity contribution in [3.8, 4) is 5.88 Å². The molecule has 2 aromatic heterocycles. The van der Waals surface area contributed by atoms with Gasteiger partial charge in [0.2, 0.25) is 5.88 Å². The van der Waals surface area contributed by atoms with Crippen LogP contribution in [0.5, 0.6) is 5.88 Å². The number of hydrogen-bond acceptors (Lipinski definition) is 4. The zero-order valence-corrected chi connectivity index (χ0v) is 12.5. The summed E-state index contributed by atoms with van der Waals surface area (Å²) in [5, 5.41) is 0. The molecule has 1 amide bonds. The number of carbonyl (C=O) groups excluding carboxylic acids is 1. The van der Waals surface area contributed by atoms with Crippen LogP contribution in [-0.2, 0) is 0 Å². The molecule has 4 nitrogen and oxygen atoms in total. The van der Waals surface area contributed by atoms with Crippen molar-refractivity contribution in [3.05, 3.63) is 39.7 Å². The number of pyridine rings is 1. The molecule has 0 N–H and O–H groups in total. The number of ether oxygens (including phenoxy) is 1. The molecule has 0 bridgehead atoms. The van der Waals surface area contributed by atoms with Gasteiger partial charge in [0.25, 0.3) is 5.91 Å². The number of thiophene rings is 1. The van der Waals surface area contributed by atoms with Crippen LogP contribution in [-0.4, -0.2) is 23.5 Å². The van der Waals surface area contributed by atoms with Gasteiger partial charge in [0.05, 0.1) is 11.4 Å². The Labute approximate surface area is 122 Å². The fourth-order valence-electron chi connectivity index (χ4n) is 2.27. The van der Waals surface area contributed by atoms with Crippen molar-refractivity contribution in [1.29, 1.82) is 0 Å². The number of rotatable bonds is 1. The van der Waals surface area contributed by atoms with Crippen molar-refractivity contribution >= 4 is 22.9 Å². The largest absolute Gasteiger partial charge is 0.471 e. The molecule has 3 rings (SSSR count). The van der Waals surface area contributed by atoms with Gasteiger partial charge in [0.1, 0.15) is 11.8 Å². The summed E-state index contributed by atoms with van der Waals surface area (Å²) in [7, 11) is 0. The van der Waals surface area contributed by atoms with Crippen LogP contribution < -0.4 is 9.64 Å². The first kappa shape index (κ1) is 13.1. The van der Waals surface area contributed by atoms with Gasteiger partial charge in [0, 0.05) is 11.1 Å². The second-order valence-electron chi connectivity index (χ2n) is 5.02.